The number of likely N-dealkylation sites (N-methyl/N-ethyl adjacent to an activating group) is 1. The second-order valence-electron chi connectivity index (χ2n) is 4.06. The molecule has 0 aliphatic heterocycles. The number of benzene rings is 1. The number of hydrogen-bond donors (Lipinski definition) is 1. The van der Waals surface area contributed by atoms with E-state index in [0.29, 0.717) is 0 Å². The summed E-state index contributed by atoms with van der Waals surface area (Å²) < 4.78 is 0.962. The lowest BCUT2D eigenvalue weighted by Gasteiger charge is -2.24. The predicted octanol–water partition coefficient (Wildman–Crippen LogP) is 3.64. The number of nitrogens with one attached hydrogen (secondary N) is 1. The smallest absolute Gasteiger partial charge is 0.0548 e. The first-order chi connectivity index (χ1) is 6.44. The van der Waals surface area contributed by atoms with Gasteiger partial charge in [-0.3, -0.25) is 0 Å². The van der Waals surface area contributed by atoms with Gasteiger partial charge in [-0.15, -0.1) is 0 Å². The monoisotopic (exact) mass is 275 g/mol. The van der Waals surface area contributed by atoms with E-state index in [1.165, 1.54) is 5.56 Å². The Kier molecular flexibility index (Phi) is 3.99. The lowest BCUT2D eigenvalue weighted by Crippen LogP contribution is -2.38. The van der Waals surface area contributed by atoms with Crippen LogP contribution in [0.5, 0.6) is 0 Å². The zero-order valence-electron chi connectivity index (χ0n) is 8.70. The Labute approximate surface area is 99.0 Å². The molecule has 1 nitrogen and oxygen atoms in total. The lowest BCUT2D eigenvalue weighted by atomic mass is 9.95. The van der Waals surface area contributed by atoms with Gasteiger partial charge in [0.2, 0.25) is 0 Å². The minimum Gasteiger partial charge on any atom is -0.314 e. The number of rotatable bonds is 3. The summed E-state index contributed by atoms with van der Waals surface area (Å²) in [5, 5.41) is 4.04. The van der Waals surface area contributed by atoms with Crippen LogP contribution in [0.2, 0.25) is 5.02 Å². The Morgan fingerprint density at radius 1 is 1.43 bits per heavy atom. The van der Waals surface area contributed by atoms with E-state index in [2.05, 4.69) is 47.2 Å². The Balaban J connectivity index is 2.83. The maximum absolute atomic E-state index is 5.92. The maximum atomic E-state index is 5.92. The highest BCUT2D eigenvalue weighted by Crippen LogP contribution is 2.24. The molecule has 0 amide bonds. The third-order valence-electron chi connectivity index (χ3n) is 2.31. The molecule has 1 N–H and O–H groups in total. The van der Waals surface area contributed by atoms with E-state index in [1.807, 2.05) is 13.1 Å². The molecule has 0 aliphatic rings. The minimum absolute atomic E-state index is 0.118. The molecule has 0 radical (unpaired) electrons. The van der Waals surface area contributed by atoms with Crippen molar-refractivity contribution in [3.63, 3.8) is 0 Å². The molecule has 3 heteroatoms. The molecule has 0 saturated carbocycles. The van der Waals surface area contributed by atoms with Crippen LogP contribution in [0.4, 0.5) is 0 Å². The standard InChI is InChI=1S/C11H15BrClN/c1-11(2,14-3)7-8-4-5-10(13)9(12)6-8/h4-6,14H,7H2,1-3H3. The van der Waals surface area contributed by atoms with Gasteiger partial charge in [-0.2, -0.15) is 0 Å². The molecule has 1 rings (SSSR count). The van der Waals surface area contributed by atoms with Crippen LogP contribution in [-0.2, 0) is 6.42 Å². The van der Waals surface area contributed by atoms with Crippen LogP contribution < -0.4 is 5.32 Å². The summed E-state index contributed by atoms with van der Waals surface area (Å²) in [6.45, 7) is 4.35. The highest BCUT2D eigenvalue weighted by atomic mass is 79.9. The summed E-state index contributed by atoms with van der Waals surface area (Å²) in [4.78, 5) is 0. The molecule has 0 aliphatic carbocycles. The van der Waals surface area contributed by atoms with Crippen molar-refractivity contribution in [1.82, 2.24) is 5.32 Å². The van der Waals surface area contributed by atoms with Gasteiger partial charge in [-0.05, 0) is 60.9 Å². The maximum Gasteiger partial charge on any atom is 0.0548 e. The van der Waals surface area contributed by atoms with E-state index in [0.717, 1.165) is 15.9 Å². The first-order valence-electron chi connectivity index (χ1n) is 4.57. The molecule has 0 spiro atoms. The first kappa shape index (κ1) is 12.0. The topological polar surface area (TPSA) is 12.0 Å². The zero-order chi connectivity index (χ0) is 10.8. The third-order valence-corrected chi connectivity index (χ3v) is 3.52. The minimum atomic E-state index is 0.118. The second kappa shape index (κ2) is 4.65. The SMILES string of the molecule is CNC(C)(C)Cc1ccc(Cl)c(Br)c1. The molecule has 1 aromatic carbocycles. The van der Waals surface area contributed by atoms with Gasteiger partial charge in [0.25, 0.3) is 0 Å². The van der Waals surface area contributed by atoms with Crippen molar-refractivity contribution in [2.24, 2.45) is 0 Å². The van der Waals surface area contributed by atoms with E-state index in [4.69, 9.17) is 11.6 Å². The molecule has 1 aromatic rings. The summed E-state index contributed by atoms with van der Waals surface area (Å²) >= 11 is 9.35. The van der Waals surface area contributed by atoms with E-state index >= 15 is 0 Å². The Bertz CT molecular complexity index is 323. The van der Waals surface area contributed by atoms with Crippen LogP contribution in [0.15, 0.2) is 22.7 Å². The molecule has 78 valence electrons. The third kappa shape index (κ3) is 3.26. The van der Waals surface area contributed by atoms with Crippen molar-refractivity contribution in [3.8, 4) is 0 Å². The molecule has 0 bridgehead atoms. The molecule has 0 heterocycles. The Morgan fingerprint density at radius 3 is 2.57 bits per heavy atom. The molecule has 0 atom stereocenters. The van der Waals surface area contributed by atoms with Crippen molar-refractivity contribution < 1.29 is 0 Å². The van der Waals surface area contributed by atoms with E-state index in [-0.39, 0.29) is 5.54 Å². The van der Waals surface area contributed by atoms with Crippen molar-refractivity contribution in [2.45, 2.75) is 25.8 Å². The largest absolute Gasteiger partial charge is 0.314 e. The molecule has 0 aromatic heterocycles. The summed E-state index contributed by atoms with van der Waals surface area (Å²) in [5.74, 6) is 0. The molecular weight excluding hydrogens is 261 g/mol. The van der Waals surface area contributed by atoms with Crippen molar-refractivity contribution in [3.05, 3.63) is 33.3 Å². The lowest BCUT2D eigenvalue weighted by molar-refractivity contribution is 0.422. The van der Waals surface area contributed by atoms with Gasteiger partial charge in [0.15, 0.2) is 0 Å². The second-order valence-corrected chi connectivity index (χ2v) is 5.32. The molecule has 14 heavy (non-hydrogen) atoms. The number of halogens is 2. The summed E-state index contributed by atoms with van der Waals surface area (Å²) in [6, 6.07) is 6.06. The van der Waals surface area contributed by atoms with Gasteiger partial charge in [0, 0.05) is 10.0 Å². The molecule has 0 saturated heterocycles. The summed E-state index contributed by atoms with van der Waals surface area (Å²) in [5.41, 5.74) is 1.40. The van der Waals surface area contributed by atoms with Gasteiger partial charge in [0.1, 0.15) is 0 Å². The fraction of sp³-hybridized carbons (Fsp3) is 0.455. The summed E-state index contributed by atoms with van der Waals surface area (Å²) in [6.07, 6.45) is 0.985. The Morgan fingerprint density at radius 2 is 2.07 bits per heavy atom. The van der Waals surface area contributed by atoms with Gasteiger partial charge >= 0.3 is 0 Å². The van der Waals surface area contributed by atoms with Crippen LogP contribution in [0.25, 0.3) is 0 Å². The average Bonchev–Trinajstić information content (AvgIpc) is 2.11. The van der Waals surface area contributed by atoms with Gasteiger partial charge in [0.05, 0.1) is 5.02 Å². The first-order valence-corrected chi connectivity index (χ1v) is 5.74. The normalized spacial score (nSPS) is 11.8. The van der Waals surface area contributed by atoms with Crippen molar-refractivity contribution in [2.75, 3.05) is 7.05 Å². The van der Waals surface area contributed by atoms with Crippen LogP contribution in [0, 0.1) is 0 Å². The highest BCUT2D eigenvalue weighted by Gasteiger charge is 2.15. The fourth-order valence-electron chi connectivity index (χ4n) is 1.25. The van der Waals surface area contributed by atoms with Crippen LogP contribution in [-0.4, -0.2) is 12.6 Å². The van der Waals surface area contributed by atoms with Crippen LogP contribution in [0.3, 0.4) is 0 Å². The van der Waals surface area contributed by atoms with Crippen molar-refractivity contribution >= 4 is 27.5 Å². The number of hydrogen-bond acceptors (Lipinski definition) is 1. The van der Waals surface area contributed by atoms with Gasteiger partial charge in [-0.25, -0.2) is 0 Å². The molecule has 0 unspecified atom stereocenters. The zero-order valence-corrected chi connectivity index (χ0v) is 11.0. The van der Waals surface area contributed by atoms with Crippen LogP contribution >= 0.6 is 27.5 Å². The molecule has 0 fully saturated rings. The van der Waals surface area contributed by atoms with Crippen molar-refractivity contribution in [1.29, 1.82) is 0 Å². The predicted molar refractivity (Wildman–Crippen MR) is 66.0 cm³/mol. The molecular formula is C11H15BrClN. The Hall–Kier alpha value is -0.0500. The van der Waals surface area contributed by atoms with Crippen LogP contribution in [0.1, 0.15) is 19.4 Å². The van der Waals surface area contributed by atoms with Gasteiger partial charge < -0.3 is 5.32 Å². The fourth-order valence-corrected chi connectivity index (χ4v) is 1.79. The van der Waals surface area contributed by atoms with E-state index in [1.54, 1.807) is 0 Å². The van der Waals surface area contributed by atoms with E-state index in [9.17, 15) is 0 Å². The van der Waals surface area contributed by atoms with Gasteiger partial charge in [-0.1, -0.05) is 17.7 Å². The highest BCUT2D eigenvalue weighted by molar-refractivity contribution is 9.10. The van der Waals surface area contributed by atoms with E-state index < -0.39 is 0 Å². The quantitative estimate of drug-likeness (QED) is 0.889. The summed E-state index contributed by atoms with van der Waals surface area (Å²) in [7, 11) is 1.98. The average molecular weight is 277 g/mol.